The molecule has 2 atom stereocenters. The van der Waals surface area contributed by atoms with Gasteiger partial charge in [-0.1, -0.05) is 6.07 Å². The van der Waals surface area contributed by atoms with Crippen molar-refractivity contribution >= 4 is 34.9 Å². The van der Waals surface area contributed by atoms with Gasteiger partial charge in [0.15, 0.2) is 0 Å². The van der Waals surface area contributed by atoms with Crippen LogP contribution >= 0.6 is 23.1 Å². The predicted octanol–water partition coefficient (Wildman–Crippen LogP) is 3.32. The first kappa shape index (κ1) is 16.7. The number of carbonyl (C=O) groups is 2. The van der Waals surface area contributed by atoms with Crippen LogP contribution in [-0.4, -0.2) is 38.3 Å². The van der Waals surface area contributed by atoms with Crippen LogP contribution in [0.3, 0.4) is 0 Å². The van der Waals surface area contributed by atoms with Gasteiger partial charge in [-0.15, -0.1) is 23.1 Å². The molecular formula is C18H20N2O3S2. The Kier molecular flexibility index (Phi) is 4.37. The van der Waals surface area contributed by atoms with Gasteiger partial charge >= 0.3 is 0 Å². The molecule has 5 nitrogen and oxygen atoms in total. The van der Waals surface area contributed by atoms with Gasteiger partial charge in [0.2, 0.25) is 11.8 Å². The van der Waals surface area contributed by atoms with Crippen molar-refractivity contribution in [3.05, 3.63) is 46.5 Å². The highest BCUT2D eigenvalue weighted by atomic mass is 32.2. The summed E-state index contributed by atoms with van der Waals surface area (Å²) in [4.78, 5) is 30.2. The maximum Gasteiger partial charge on any atom is 0.247 e. The Morgan fingerprint density at radius 3 is 3.00 bits per heavy atom. The monoisotopic (exact) mass is 376 g/mol. The quantitative estimate of drug-likeness (QED) is 0.803. The van der Waals surface area contributed by atoms with Crippen molar-refractivity contribution in [3.8, 4) is 0 Å². The molecule has 0 aliphatic carbocycles. The number of rotatable bonds is 5. The van der Waals surface area contributed by atoms with E-state index in [2.05, 4.69) is 6.92 Å². The molecule has 2 saturated heterocycles. The third kappa shape index (κ3) is 3.11. The summed E-state index contributed by atoms with van der Waals surface area (Å²) in [6, 6.07) is 7.35. The Bertz CT molecular complexity index is 723. The summed E-state index contributed by atoms with van der Waals surface area (Å²) in [5.41, 5.74) is 0. The van der Waals surface area contributed by atoms with E-state index in [1.54, 1.807) is 29.4 Å². The number of thiophene rings is 1. The third-order valence-corrected chi connectivity index (χ3v) is 7.26. The van der Waals surface area contributed by atoms with Gasteiger partial charge in [0.05, 0.1) is 24.2 Å². The summed E-state index contributed by atoms with van der Waals surface area (Å²) in [5, 5.41) is 2.01. The van der Waals surface area contributed by atoms with Crippen molar-refractivity contribution in [2.75, 3.05) is 5.75 Å². The zero-order chi connectivity index (χ0) is 17.4. The lowest BCUT2D eigenvalue weighted by molar-refractivity contribution is -0.144. The van der Waals surface area contributed by atoms with Crippen LogP contribution in [0.25, 0.3) is 0 Å². The minimum Gasteiger partial charge on any atom is -0.467 e. The van der Waals surface area contributed by atoms with Crippen molar-refractivity contribution in [2.24, 2.45) is 0 Å². The molecule has 2 fully saturated rings. The molecule has 0 aromatic carbocycles. The van der Waals surface area contributed by atoms with Crippen LogP contribution in [0.1, 0.15) is 30.4 Å². The molecule has 0 spiro atoms. The van der Waals surface area contributed by atoms with Gasteiger partial charge in [-0.25, -0.2) is 0 Å². The summed E-state index contributed by atoms with van der Waals surface area (Å²) < 4.78 is 5.45. The predicted molar refractivity (Wildman–Crippen MR) is 98.0 cm³/mol. The van der Waals surface area contributed by atoms with E-state index in [1.807, 2.05) is 39.4 Å². The summed E-state index contributed by atoms with van der Waals surface area (Å²) in [6.07, 6.45) is 2.98. The minimum atomic E-state index is -0.375. The lowest BCUT2D eigenvalue weighted by atomic mass is 10.2. The van der Waals surface area contributed by atoms with Crippen LogP contribution in [0.4, 0.5) is 0 Å². The van der Waals surface area contributed by atoms with Crippen LogP contribution in [0.2, 0.25) is 0 Å². The standard InChI is InChI=1S/C18H20N2O3S2/c1-18-7-6-16(21)20(18)15(12-25-18)17(22)19(10-13-4-2-8-23-13)11-14-5-3-9-24-14/h2-5,8-9,15H,6-7,10-12H2,1H3. The number of amides is 2. The number of thioether (sulfide) groups is 1. The van der Waals surface area contributed by atoms with Gasteiger partial charge in [0.25, 0.3) is 0 Å². The molecule has 2 aliphatic heterocycles. The van der Waals surface area contributed by atoms with E-state index in [0.29, 0.717) is 25.3 Å². The molecule has 2 amide bonds. The second-order valence-electron chi connectivity index (χ2n) is 6.62. The number of nitrogens with zero attached hydrogens (tertiary/aromatic N) is 2. The van der Waals surface area contributed by atoms with E-state index in [0.717, 1.165) is 17.1 Å². The summed E-state index contributed by atoms with van der Waals surface area (Å²) in [5.74, 6) is 1.53. The van der Waals surface area contributed by atoms with Crippen molar-refractivity contribution in [1.82, 2.24) is 9.80 Å². The van der Waals surface area contributed by atoms with Crippen molar-refractivity contribution < 1.29 is 14.0 Å². The lowest BCUT2D eigenvalue weighted by Crippen LogP contribution is -2.50. The highest BCUT2D eigenvalue weighted by Crippen LogP contribution is 2.47. The van der Waals surface area contributed by atoms with Crippen LogP contribution in [0, 0.1) is 0 Å². The molecule has 0 saturated carbocycles. The van der Waals surface area contributed by atoms with Crippen molar-refractivity contribution in [3.63, 3.8) is 0 Å². The summed E-state index contributed by atoms with van der Waals surface area (Å²) in [6.45, 7) is 3.03. The van der Waals surface area contributed by atoms with E-state index in [4.69, 9.17) is 4.42 Å². The zero-order valence-corrected chi connectivity index (χ0v) is 15.6. The van der Waals surface area contributed by atoms with Crippen molar-refractivity contribution in [1.29, 1.82) is 0 Å². The fourth-order valence-corrected chi connectivity index (χ4v) is 5.75. The molecule has 2 aliphatic rings. The van der Waals surface area contributed by atoms with Gasteiger partial charge < -0.3 is 14.2 Å². The highest BCUT2D eigenvalue weighted by Gasteiger charge is 2.53. The molecule has 4 rings (SSSR count). The molecule has 0 radical (unpaired) electrons. The van der Waals surface area contributed by atoms with Crippen LogP contribution in [0.15, 0.2) is 40.3 Å². The Labute approximate surface area is 155 Å². The molecule has 4 heterocycles. The number of carbonyl (C=O) groups excluding carboxylic acids is 2. The van der Waals surface area contributed by atoms with Gasteiger partial charge in [-0.05, 0) is 36.9 Å². The normalized spacial score (nSPS) is 25.4. The molecule has 2 aromatic rings. The maximum atomic E-state index is 13.3. The molecular weight excluding hydrogens is 356 g/mol. The molecule has 0 bridgehead atoms. The first-order valence-electron chi connectivity index (χ1n) is 8.36. The van der Waals surface area contributed by atoms with Crippen LogP contribution in [-0.2, 0) is 22.7 Å². The average molecular weight is 377 g/mol. The first-order valence-corrected chi connectivity index (χ1v) is 10.2. The molecule has 25 heavy (non-hydrogen) atoms. The van der Waals surface area contributed by atoms with Gasteiger partial charge in [0, 0.05) is 17.1 Å². The fraction of sp³-hybridized carbons (Fsp3) is 0.444. The van der Waals surface area contributed by atoms with E-state index < -0.39 is 0 Å². The summed E-state index contributed by atoms with van der Waals surface area (Å²) in [7, 11) is 0. The van der Waals surface area contributed by atoms with Gasteiger partial charge in [0.1, 0.15) is 11.8 Å². The largest absolute Gasteiger partial charge is 0.467 e. The van der Waals surface area contributed by atoms with Crippen molar-refractivity contribution in [2.45, 2.75) is 43.8 Å². The third-order valence-electron chi connectivity index (χ3n) is 4.90. The van der Waals surface area contributed by atoms with Gasteiger partial charge in [-0.2, -0.15) is 0 Å². The Balaban J connectivity index is 1.57. The number of hydrogen-bond acceptors (Lipinski definition) is 5. The van der Waals surface area contributed by atoms with E-state index >= 15 is 0 Å². The fourth-order valence-electron chi connectivity index (χ4n) is 3.61. The molecule has 0 N–H and O–H groups in total. The van der Waals surface area contributed by atoms with E-state index in [-0.39, 0.29) is 22.7 Å². The number of furan rings is 1. The molecule has 132 valence electrons. The zero-order valence-electron chi connectivity index (χ0n) is 14.0. The van der Waals surface area contributed by atoms with E-state index in [1.165, 1.54) is 0 Å². The average Bonchev–Trinajstić information content (AvgIpc) is 3.35. The lowest BCUT2D eigenvalue weighted by Gasteiger charge is -2.32. The summed E-state index contributed by atoms with van der Waals surface area (Å²) >= 11 is 3.36. The second kappa shape index (κ2) is 6.53. The van der Waals surface area contributed by atoms with Crippen LogP contribution < -0.4 is 0 Å². The molecule has 2 aromatic heterocycles. The Hall–Kier alpha value is -1.73. The number of hydrogen-bond donors (Lipinski definition) is 0. The van der Waals surface area contributed by atoms with E-state index in [9.17, 15) is 9.59 Å². The SMILES string of the molecule is CC12CCC(=O)N1C(C(=O)N(Cc1ccco1)Cc1cccs1)CS2. The maximum absolute atomic E-state index is 13.3. The number of fused-ring (bicyclic) bond motifs is 1. The highest BCUT2D eigenvalue weighted by molar-refractivity contribution is 8.01. The molecule has 7 heteroatoms. The minimum absolute atomic E-state index is 0.0104. The Morgan fingerprint density at radius 2 is 2.28 bits per heavy atom. The molecule has 2 unspecified atom stereocenters. The smallest absolute Gasteiger partial charge is 0.247 e. The van der Waals surface area contributed by atoms with Crippen LogP contribution in [0.5, 0.6) is 0 Å². The first-order chi connectivity index (χ1) is 12.1. The second-order valence-corrected chi connectivity index (χ2v) is 9.15. The topological polar surface area (TPSA) is 53.8 Å². The van der Waals surface area contributed by atoms with Gasteiger partial charge in [-0.3, -0.25) is 9.59 Å². The Morgan fingerprint density at radius 1 is 1.40 bits per heavy atom.